The second-order valence-corrected chi connectivity index (χ2v) is 10.5. The van der Waals surface area contributed by atoms with Crippen LogP contribution in [0.4, 0.5) is 35.9 Å². The monoisotopic (exact) mass is 542 g/mol. The van der Waals surface area contributed by atoms with Crippen molar-refractivity contribution in [3.63, 3.8) is 0 Å². The summed E-state index contributed by atoms with van der Waals surface area (Å²) in [5.41, 5.74) is 5.58. The first-order valence-electron chi connectivity index (χ1n) is 12.0. The lowest BCUT2D eigenvalue weighted by atomic mass is 10.0. The number of fused-ring (bicyclic) bond motifs is 8. The number of anilines is 4. The Morgan fingerprint density at radius 3 is 2.00 bits per heavy atom. The largest absolute Gasteiger partial charge is 0.416 e. The fourth-order valence-corrected chi connectivity index (χ4v) is 5.88. The molecule has 2 saturated heterocycles. The Kier molecular flexibility index (Phi) is 5.59. The zero-order chi connectivity index (χ0) is 24.2. The molecule has 2 N–H and O–H groups in total. The molecule has 4 aliphatic heterocycles. The number of nitrogens with zero attached hydrogens (tertiary/aromatic N) is 2. The van der Waals surface area contributed by atoms with Crippen LogP contribution in [0, 0.1) is 0 Å². The third kappa shape index (κ3) is 4.44. The highest BCUT2D eigenvalue weighted by Gasteiger charge is 2.32. The molecule has 0 unspecified atom stereocenters. The van der Waals surface area contributed by atoms with Crippen molar-refractivity contribution in [3.05, 3.63) is 70.7 Å². The Morgan fingerprint density at radius 1 is 0.743 bits per heavy atom. The highest BCUT2D eigenvalue weighted by atomic mass is 79.9. The predicted molar refractivity (Wildman–Crippen MR) is 140 cm³/mol. The van der Waals surface area contributed by atoms with E-state index in [-0.39, 0.29) is 0 Å². The van der Waals surface area contributed by atoms with Crippen LogP contribution in [0.1, 0.15) is 18.4 Å². The first kappa shape index (κ1) is 22.6. The first-order valence-corrected chi connectivity index (χ1v) is 12.8. The van der Waals surface area contributed by atoms with Gasteiger partial charge in [0.05, 0.1) is 28.3 Å². The van der Waals surface area contributed by atoms with Crippen molar-refractivity contribution in [2.75, 3.05) is 46.6 Å². The van der Waals surface area contributed by atoms with Gasteiger partial charge in [-0.2, -0.15) is 13.2 Å². The molecule has 8 heteroatoms. The van der Waals surface area contributed by atoms with Gasteiger partial charge in [0.25, 0.3) is 0 Å². The quantitative estimate of drug-likeness (QED) is 0.352. The Bertz CT molecular complexity index is 1260. The van der Waals surface area contributed by atoms with Crippen LogP contribution in [0.2, 0.25) is 0 Å². The average molecular weight is 543 g/mol. The van der Waals surface area contributed by atoms with Crippen LogP contribution in [0.25, 0.3) is 11.1 Å². The maximum Gasteiger partial charge on any atom is 0.416 e. The lowest BCUT2D eigenvalue weighted by Gasteiger charge is -2.29. The van der Waals surface area contributed by atoms with E-state index in [9.17, 15) is 13.2 Å². The molecule has 4 bridgehead atoms. The van der Waals surface area contributed by atoms with Crippen molar-refractivity contribution in [2.45, 2.75) is 31.1 Å². The fraction of sp³-hybridized carbons (Fsp3) is 0.333. The van der Waals surface area contributed by atoms with Gasteiger partial charge in [-0.1, -0.05) is 34.1 Å². The van der Waals surface area contributed by atoms with Crippen molar-refractivity contribution in [2.24, 2.45) is 0 Å². The molecule has 0 saturated carbocycles. The van der Waals surface area contributed by atoms with Crippen molar-refractivity contribution >= 4 is 38.7 Å². The van der Waals surface area contributed by atoms with E-state index in [0.717, 1.165) is 47.0 Å². The van der Waals surface area contributed by atoms with Gasteiger partial charge >= 0.3 is 6.18 Å². The molecule has 35 heavy (non-hydrogen) atoms. The van der Waals surface area contributed by atoms with Crippen molar-refractivity contribution in [1.82, 2.24) is 0 Å². The summed E-state index contributed by atoms with van der Waals surface area (Å²) in [4.78, 5) is 4.79. The summed E-state index contributed by atoms with van der Waals surface area (Å²) in [5, 5.41) is 7.04. The fourth-order valence-electron chi connectivity index (χ4n) is 5.52. The highest BCUT2D eigenvalue weighted by molar-refractivity contribution is 9.10. The zero-order valence-electron chi connectivity index (χ0n) is 19.1. The standard InChI is InChI=1S/C17H15F3N2.C10H11BrN2/c18-17(19,20)13-3-1-2-11(8-13)12-4-5-16-15(9-12)21-14-6-7-22(16)10-14;11-7-1-2-10-9(5-7)12-8-3-4-13(10)6-8/h1-5,8-9,14,21H,6-7,10H2;1-2,5,8,12H,3-4,6H2/t14-;8-/m00/s1. The third-order valence-corrected chi connectivity index (χ3v) is 7.75. The minimum atomic E-state index is -4.31. The second-order valence-electron chi connectivity index (χ2n) is 9.62. The van der Waals surface area contributed by atoms with E-state index in [1.807, 2.05) is 18.2 Å². The highest BCUT2D eigenvalue weighted by Crippen LogP contribution is 2.39. The maximum absolute atomic E-state index is 12.8. The van der Waals surface area contributed by atoms with Crippen molar-refractivity contribution < 1.29 is 13.2 Å². The van der Waals surface area contributed by atoms with E-state index in [2.05, 4.69) is 54.6 Å². The normalized spacial score (nSPS) is 21.4. The van der Waals surface area contributed by atoms with Crippen molar-refractivity contribution in [3.8, 4) is 11.1 Å². The molecule has 4 heterocycles. The Balaban J connectivity index is 0.000000149. The van der Waals surface area contributed by atoms with E-state index < -0.39 is 11.7 Å². The predicted octanol–water partition coefficient (Wildman–Crippen LogP) is 6.83. The van der Waals surface area contributed by atoms with Crippen LogP contribution in [-0.2, 0) is 6.18 Å². The third-order valence-electron chi connectivity index (χ3n) is 7.26. The van der Waals surface area contributed by atoms with Gasteiger partial charge in [0.1, 0.15) is 0 Å². The topological polar surface area (TPSA) is 30.5 Å². The molecule has 4 nitrogen and oxygen atoms in total. The molecular weight excluding hydrogens is 517 g/mol. The summed E-state index contributed by atoms with van der Waals surface area (Å²) in [6.07, 6.45) is -1.94. The Hall–Kier alpha value is -2.87. The van der Waals surface area contributed by atoms with Gasteiger partial charge in [-0.05, 0) is 66.4 Å². The minimum Gasteiger partial charge on any atom is -0.379 e. The number of benzene rings is 3. The Labute approximate surface area is 211 Å². The zero-order valence-corrected chi connectivity index (χ0v) is 20.7. The number of nitrogens with one attached hydrogen (secondary N) is 2. The molecule has 182 valence electrons. The SMILES string of the molecule is Brc1ccc2c(c1)N[C@H]1CCN2C1.FC(F)(F)c1cccc(-c2ccc3c(c2)N[C@H]2CCN3C2)c1. The van der Waals surface area contributed by atoms with Gasteiger partial charge in [0, 0.05) is 42.7 Å². The summed E-state index contributed by atoms with van der Waals surface area (Å²) < 4.78 is 39.7. The van der Waals surface area contributed by atoms with Gasteiger partial charge in [0.15, 0.2) is 0 Å². The van der Waals surface area contributed by atoms with Crippen LogP contribution in [0.15, 0.2) is 65.1 Å². The number of hydrogen-bond acceptors (Lipinski definition) is 4. The van der Waals surface area contributed by atoms with Crippen LogP contribution < -0.4 is 20.4 Å². The smallest absolute Gasteiger partial charge is 0.379 e. The number of alkyl halides is 3. The molecule has 3 aromatic rings. The average Bonchev–Trinajstić information content (AvgIpc) is 3.42. The number of rotatable bonds is 1. The van der Waals surface area contributed by atoms with E-state index in [1.54, 1.807) is 6.07 Å². The lowest BCUT2D eigenvalue weighted by Crippen LogP contribution is -2.31. The van der Waals surface area contributed by atoms with Gasteiger partial charge in [-0.25, -0.2) is 0 Å². The number of halogens is 4. The molecule has 0 amide bonds. The summed E-state index contributed by atoms with van der Waals surface area (Å²) in [6.45, 7) is 4.42. The van der Waals surface area contributed by atoms with Crippen LogP contribution in [-0.4, -0.2) is 38.3 Å². The molecule has 2 atom stereocenters. The molecule has 2 fully saturated rings. The molecule has 0 radical (unpaired) electrons. The van der Waals surface area contributed by atoms with Crippen LogP contribution in [0.5, 0.6) is 0 Å². The van der Waals surface area contributed by atoms with E-state index in [0.29, 0.717) is 17.6 Å². The molecule has 0 spiro atoms. The van der Waals surface area contributed by atoms with Crippen molar-refractivity contribution in [1.29, 1.82) is 0 Å². The first-order chi connectivity index (χ1) is 16.8. The molecule has 4 aliphatic rings. The molecule has 0 aliphatic carbocycles. The summed E-state index contributed by atoms with van der Waals surface area (Å²) in [5.74, 6) is 0. The summed E-state index contributed by atoms with van der Waals surface area (Å²) in [6, 6.07) is 18.9. The van der Waals surface area contributed by atoms with Crippen LogP contribution >= 0.6 is 15.9 Å². The minimum absolute atomic E-state index is 0.448. The summed E-state index contributed by atoms with van der Waals surface area (Å²) in [7, 11) is 0. The molecule has 3 aromatic carbocycles. The van der Waals surface area contributed by atoms with E-state index in [4.69, 9.17) is 0 Å². The van der Waals surface area contributed by atoms with E-state index >= 15 is 0 Å². The van der Waals surface area contributed by atoms with Crippen LogP contribution in [0.3, 0.4) is 0 Å². The summed E-state index contributed by atoms with van der Waals surface area (Å²) >= 11 is 3.49. The molecular formula is C27H26BrF3N4. The molecule has 0 aromatic heterocycles. The molecule has 7 rings (SSSR count). The Morgan fingerprint density at radius 2 is 1.34 bits per heavy atom. The second kappa shape index (κ2) is 8.66. The van der Waals surface area contributed by atoms with Gasteiger partial charge in [0.2, 0.25) is 0 Å². The lowest BCUT2D eigenvalue weighted by molar-refractivity contribution is -0.137. The van der Waals surface area contributed by atoms with Gasteiger partial charge in [-0.3, -0.25) is 0 Å². The van der Waals surface area contributed by atoms with Gasteiger partial charge < -0.3 is 20.4 Å². The number of hydrogen-bond donors (Lipinski definition) is 2. The maximum atomic E-state index is 12.8. The van der Waals surface area contributed by atoms with Gasteiger partial charge in [-0.15, -0.1) is 0 Å². The van der Waals surface area contributed by atoms with E-state index in [1.165, 1.54) is 43.0 Å².